The average Bonchev–Trinajstić information content (AvgIpc) is 2.72. The van der Waals surface area contributed by atoms with Gasteiger partial charge in [0.15, 0.2) is 0 Å². The molecule has 116 valence electrons. The van der Waals surface area contributed by atoms with Crippen LogP contribution >= 0.6 is 22.9 Å². The summed E-state index contributed by atoms with van der Waals surface area (Å²) >= 11 is 7.24. The third-order valence-corrected chi connectivity index (χ3v) is 5.30. The molecule has 0 aromatic carbocycles. The van der Waals surface area contributed by atoms with Crippen molar-refractivity contribution >= 4 is 39.8 Å². The van der Waals surface area contributed by atoms with Crippen LogP contribution in [0.5, 0.6) is 0 Å². The van der Waals surface area contributed by atoms with Crippen molar-refractivity contribution in [3.05, 3.63) is 27.1 Å². The molecule has 0 bridgehead atoms. The summed E-state index contributed by atoms with van der Waals surface area (Å²) in [6, 6.07) is 2.07. The number of rotatable bonds is 3. The number of carboxylic acids is 1. The Balaban J connectivity index is 2.25. The van der Waals surface area contributed by atoms with Gasteiger partial charge >= 0.3 is 0 Å². The Morgan fingerprint density at radius 2 is 2.14 bits per heavy atom. The summed E-state index contributed by atoms with van der Waals surface area (Å²) in [7, 11) is 0. The first-order valence-electron chi connectivity index (χ1n) is 6.71. The van der Waals surface area contributed by atoms with Crippen molar-refractivity contribution in [1.29, 1.82) is 5.26 Å². The fourth-order valence-electron chi connectivity index (χ4n) is 2.44. The van der Waals surface area contributed by atoms with Crippen molar-refractivity contribution < 1.29 is 14.7 Å². The second kappa shape index (κ2) is 6.51. The predicted octanol–water partition coefficient (Wildman–Crippen LogP) is 2.07. The maximum atomic E-state index is 12.4. The minimum Gasteiger partial charge on any atom is -0.550 e. The molecule has 2 rings (SSSR count). The summed E-state index contributed by atoms with van der Waals surface area (Å²) in [5, 5.41) is 24.0. The Bertz CT molecular complexity index is 702. The minimum atomic E-state index is -1.26. The molecule has 1 N–H and O–H groups in total. The highest BCUT2D eigenvalue weighted by atomic mass is 35.5. The molecule has 0 fully saturated rings. The van der Waals surface area contributed by atoms with Gasteiger partial charge in [-0.25, -0.2) is 0 Å². The Morgan fingerprint density at radius 1 is 1.45 bits per heavy atom. The van der Waals surface area contributed by atoms with Crippen LogP contribution in [0.2, 0.25) is 0 Å². The fourth-order valence-corrected chi connectivity index (χ4v) is 3.71. The largest absolute Gasteiger partial charge is 0.550 e. The molecule has 0 unspecified atom stereocenters. The van der Waals surface area contributed by atoms with Crippen molar-refractivity contribution in [2.75, 3.05) is 5.32 Å². The molecular formula is C15H14ClN2O3S-. The van der Waals surface area contributed by atoms with Gasteiger partial charge in [0.2, 0.25) is 5.91 Å². The van der Waals surface area contributed by atoms with Crippen LogP contribution in [0, 0.1) is 37.0 Å². The molecule has 0 spiro atoms. The summed E-state index contributed by atoms with van der Waals surface area (Å²) in [6.45, 7) is 3.67. The van der Waals surface area contributed by atoms with E-state index in [4.69, 9.17) is 11.6 Å². The SMILES string of the molecule is Cc1sc(NC(=O)[C@@H]2CC(Cl)=CC[C@@H]2C(=O)[O-])c(C#N)c1C. The lowest BCUT2D eigenvalue weighted by molar-refractivity contribution is -0.313. The molecule has 1 aromatic heterocycles. The van der Waals surface area contributed by atoms with Crippen molar-refractivity contribution in [3.8, 4) is 6.07 Å². The number of hydrogen-bond acceptors (Lipinski definition) is 5. The average molecular weight is 338 g/mol. The Labute approximate surface area is 137 Å². The quantitative estimate of drug-likeness (QED) is 0.913. The van der Waals surface area contributed by atoms with Gasteiger partial charge in [0.1, 0.15) is 11.1 Å². The van der Waals surface area contributed by atoms with Crippen LogP contribution in [0.15, 0.2) is 11.1 Å². The van der Waals surface area contributed by atoms with E-state index >= 15 is 0 Å². The van der Waals surface area contributed by atoms with Crippen molar-refractivity contribution in [2.45, 2.75) is 26.7 Å². The van der Waals surface area contributed by atoms with E-state index in [1.54, 1.807) is 6.08 Å². The van der Waals surface area contributed by atoms with Gasteiger partial charge in [0.05, 0.1) is 11.5 Å². The van der Waals surface area contributed by atoms with Gasteiger partial charge in [-0.05, 0) is 32.3 Å². The highest BCUT2D eigenvalue weighted by Gasteiger charge is 2.33. The number of amides is 1. The number of halogens is 1. The van der Waals surface area contributed by atoms with E-state index in [0.717, 1.165) is 10.4 Å². The zero-order chi connectivity index (χ0) is 16.4. The molecule has 22 heavy (non-hydrogen) atoms. The Morgan fingerprint density at radius 3 is 2.73 bits per heavy atom. The smallest absolute Gasteiger partial charge is 0.229 e. The van der Waals surface area contributed by atoms with E-state index in [-0.39, 0.29) is 12.8 Å². The highest BCUT2D eigenvalue weighted by molar-refractivity contribution is 7.16. The van der Waals surface area contributed by atoms with Crippen LogP contribution in [0.1, 0.15) is 28.8 Å². The predicted molar refractivity (Wildman–Crippen MR) is 82.3 cm³/mol. The summed E-state index contributed by atoms with van der Waals surface area (Å²) in [5.74, 6) is -3.41. The van der Waals surface area contributed by atoms with Gasteiger partial charge in [0, 0.05) is 21.8 Å². The summed E-state index contributed by atoms with van der Waals surface area (Å²) < 4.78 is 0. The summed E-state index contributed by atoms with van der Waals surface area (Å²) in [6.07, 6.45) is 1.94. The molecule has 2 atom stereocenters. The van der Waals surface area contributed by atoms with E-state index in [0.29, 0.717) is 15.6 Å². The van der Waals surface area contributed by atoms with Crippen molar-refractivity contribution in [1.82, 2.24) is 0 Å². The van der Waals surface area contributed by atoms with E-state index < -0.39 is 23.7 Å². The van der Waals surface area contributed by atoms with Gasteiger partial charge in [-0.3, -0.25) is 4.79 Å². The summed E-state index contributed by atoms with van der Waals surface area (Å²) in [4.78, 5) is 24.6. The molecule has 1 heterocycles. The number of carbonyl (C=O) groups is 2. The standard InChI is InChI=1S/C15H15ClN2O3S/c1-7-8(2)22-14(12(7)6-17)18-13(19)11-5-9(16)3-4-10(11)15(20)21/h3,10-11H,4-5H2,1-2H3,(H,18,19)(H,20,21)/p-1/t10-,11+/m0/s1. The second-order valence-corrected chi connectivity index (χ2v) is 6.92. The Hall–Kier alpha value is -1.84. The number of nitriles is 1. The van der Waals surface area contributed by atoms with Crippen LogP contribution in [0.4, 0.5) is 5.00 Å². The maximum absolute atomic E-state index is 12.4. The lowest BCUT2D eigenvalue weighted by Crippen LogP contribution is -2.42. The fraction of sp³-hybridized carbons (Fsp3) is 0.400. The zero-order valence-electron chi connectivity index (χ0n) is 12.1. The molecule has 0 aliphatic heterocycles. The zero-order valence-corrected chi connectivity index (χ0v) is 13.7. The number of carbonyl (C=O) groups excluding carboxylic acids is 2. The molecule has 1 aliphatic carbocycles. The van der Waals surface area contributed by atoms with Crippen LogP contribution in [-0.2, 0) is 9.59 Å². The van der Waals surface area contributed by atoms with Crippen LogP contribution in [-0.4, -0.2) is 11.9 Å². The first-order valence-corrected chi connectivity index (χ1v) is 7.91. The molecule has 1 amide bonds. The number of aryl methyl sites for hydroxylation is 1. The molecule has 7 heteroatoms. The van der Waals surface area contributed by atoms with Crippen LogP contribution < -0.4 is 10.4 Å². The number of nitrogens with one attached hydrogen (secondary N) is 1. The third kappa shape index (κ3) is 3.16. The molecular weight excluding hydrogens is 324 g/mol. The van der Waals surface area contributed by atoms with Crippen molar-refractivity contribution in [2.24, 2.45) is 11.8 Å². The number of carboxylic acid groups (broad SMARTS) is 1. The number of hydrogen-bond donors (Lipinski definition) is 1. The maximum Gasteiger partial charge on any atom is 0.229 e. The van der Waals surface area contributed by atoms with E-state index in [1.165, 1.54) is 11.3 Å². The normalized spacial score (nSPS) is 20.9. The van der Waals surface area contributed by atoms with Gasteiger partial charge in [-0.15, -0.1) is 11.3 Å². The molecule has 5 nitrogen and oxygen atoms in total. The van der Waals surface area contributed by atoms with Gasteiger partial charge in [-0.2, -0.15) is 5.26 Å². The second-order valence-electron chi connectivity index (χ2n) is 5.21. The molecule has 0 radical (unpaired) electrons. The molecule has 1 aliphatic rings. The topological polar surface area (TPSA) is 93.0 Å². The van der Waals surface area contributed by atoms with Crippen LogP contribution in [0.25, 0.3) is 0 Å². The minimum absolute atomic E-state index is 0.164. The monoisotopic (exact) mass is 337 g/mol. The third-order valence-electron chi connectivity index (χ3n) is 3.87. The summed E-state index contributed by atoms with van der Waals surface area (Å²) in [5.41, 5.74) is 1.24. The van der Waals surface area contributed by atoms with E-state index in [2.05, 4.69) is 11.4 Å². The molecule has 0 saturated heterocycles. The lowest BCUT2D eigenvalue weighted by Gasteiger charge is -2.29. The Kier molecular flexibility index (Phi) is 4.89. The number of anilines is 1. The number of aliphatic carboxylic acids is 1. The first kappa shape index (κ1) is 16.5. The van der Waals surface area contributed by atoms with E-state index in [1.807, 2.05) is 13.8 Å². The number of allylic oxidation sites excluding steroid dienone is 2. The lowest BCUT2D eigenvalue weighted by atomic mass is 9.82. The van der Waals surface area contributed by atoms with Crippen LogP contribution in [0.3, 0.4) is 0 Å². The number of thiophene rings is 1. The molecule has 0 saturated carbocycles. The van der Waals surface area contributed by atoms with Gasteiger partial charge in [-0.1, -0.05) is 17.7 Å². The van der Waals surface area contributed by atoms with Gasteiger partial charge < -0.3 is 15.2 Å². The first-order chi connectivity index (χ1) is 10.3. The molecule has 1 aromatic rings. The van der Waals surface area contributed by atoms with Gasteiger partial charge in [0.25, 0.3) is 0 Å². The van der Waals surface area contributed by atoms with Crippen molar-refractivity contribution in [3.63, 3.8) is 0 Å². The van der Waals surface area contributed by atoms with E-state index in [9.17, 15) is 20.0 Å². The highest BCUT2D eigenvalue weighted by Crippen LogP contribution is 2.35. The number of nitrogens with zero attached hydrogens (tertiary/aromatic N) is 1.